The molecule has 1 nitrogen and oxygen atoms in total. The molecule has 0 amide bonds. The van der Waals surface area contributed by atoms with Crippen LogP contribution >= 0.6 is 25.6 Å². The van der Waals surface area contributed by atoms with Crippen molar-refractivity contribution in [2.45, 2.75) is 33.1 Å². The topological polar surface area (TPSA) is 20.2 Å². The molecule has 0 bridgehead atoms. The van der Waals surface area contributed by atoms with Crippen molar-refractivity contribution >= 4 is 36.2 Å². The van der Waals surface area contributed by atoms with Gasteiger partial charge in [-0.2, -0.15) is 0 Å². The Morgan fingerprint density at radius 2 is 1.62 bits per heavy atom. The molecule has 2 aromatic carbocycles. The van der Waals surface area contributed by atoms with Gasteiger partial charge >= 0.3 is 37.9 Å². The van der Waals surface area contributed by atoms with Gasteiger partial charge in [0.2, 0.25) is 0 Å². The Morgan fingerprint density at radius 3 is 2.12 bits per heavy atom. The number of benzene rings is 2. The molecule has 0 radical (unpaired) electrons. The van der Waals surface area contributed by atoms with E-state index in [1.807, 2.05) is 19.1 Å². The van der Waals surface area contributed by atoms with Gasteiger partial charge < -0.3 is 5.11 Å². The second-order valence-corrected chi connectivity index (χ2v) is 11.3. The maximum absolute atomic E-state index is 13.8. The molecule has 7 heteroatoms. The maximum atomic E-state index is 13.8. The van der Waals surface area contributed by atoms with E-state index < -0.39 is 32.5 Å². The zero-order valence-electron chi connectivity index (χ0n) is 13.8. The van der Waals surface area contributed by atoms with Gasteiger partial charge in [-0.25, -0.2) is 8.78 Å². The second kappa shape index (κ2) is 9.62. The van der Waals surface area contributed by atoms with Crippen LogP contribution in [0.25, 0.3) is 0 Å². The van der Waals surface area contributed by atoms with Crippen LogP contribution in [0.5, 0.6) is 5.75 Å². The van der Waals surface area contributed by atoms with Crippen LogP contribution in [0.2, 0.25) is 0 Å². The Morgan fingerprint density at radius 1 is 1.04 bits per heavy atom. The van der Waals surface area contributed by atoms with Crippen molar-refractivity contribution < 1.29 is 34.7 Å². The van der Waals surface area contributed by atoms with Crippen LogP contribution in [0.15, 0.2) is 30.3 Å². The van der Waals surface area contributed by atoms with Crippen LogP contribution < -0.4 is 10.6 Å². The third-order valence-electron chi connectivity index (χ3n) is 3.37. The average molecular weight is 470 g/mol. The number of aromatic hydroxyl groups is 1. The van der Waals surface area contributed by atoms with Gasteiger partial charge in [-0.15, -0.1) is 0 Å². The first kappa shape index (κ1) is 22.0. The van der Waals surface area contributed by atoms with E-state index in [4.69, 9.17) is 17.0 Å². The Balaban J connectivity index is 0.000000891. The Bertz CT molecular complexity index is 706. The van der Waals surface area contributed by atoms with Crippen molar-refractivity contribution in [3.05, 3.63) is 53.1 Å². The van der Waals surface area contributed by atoms with Gasteiger partial charge in [0.05, 0.1) is 0 Å². The molecule has 0 aliphatic rings. The molecule has 0 aliphatic carbocycles. The predicted octanol–water partition coefficient (Wildman–Crippen LogP) is 5.28. The van der Waals surface area contributed by atoms with Gasteiger partial charge in [0.25, 0.3) is 0 Å². The normalized spacial score (nSPS) is 11.3. The summed E-state index contributed by atoms with van der Waals surface area (Å²) in [5.74, 6) is -0.985. The van der Waals surface area contributed by atoms with Crippen LogP contribution in [0.4, 0.5) is 8.78 Å². The van der Waals surface area contributed by atoms with Crippen LogP contribution in [0.3, 0.4) is 0 Å². The van der Waals surface area contributed by atoms with E-state index in [9.17, 15) is 13.9 Å². The standard InChI is InChI=1S/C17H19F2OP.2ClH.Zr/c1-10-7-11(17(2,3)4)8-15(16(10)20)21-14-6-5-12(18)9-13(14)19;;;/h5-9,20-21H,1-4H3;2*1H;/q;;;+2/p-2. The van der Waals surface area contributed by atoms with Gasteiger partial charge in [-0.3, -0.25) is 0 Å². The first-order chi connectivity index (χ1) is 11.1. The number of hydrogen-bond acceptors (Lipinski definition) is 1. The summed E-state index contributed by atoms with van der Waals surface area (Å²) in [5.41, 5.74) is 1.80. The molecular weight excluding hydrogens is 451 g/mol. The molecular formula is C17H19Cl2F2OPZr. The molecule has 24 heavy (non-hydrogen) atoms. The van der Waals surface area contributed by atoms with E-state index in [0.717, 1.165) is 17.2 Å². The number of rotatable bonds is 2. The number of aryl methyl sites for hydroxylation is 1. The fraction of sp³-hybridized carbons (Fsp3) is 0.294. The number of phenolic OH excluding ortho intramolecular Hbond substituents is 1. The minimum atomic E-state index is -0.826. The Labute approximate surface area is 162 Å². The molecule has 0 spiro atoms. The van der Waals surface area contributed by atoms with Crippen molar-refractivity contribution in [1.29, 1.82) is 0 Å². The molecule has 0 saturated heterocycles. The summed E-state index contributed by atoms with van der Waals surface area (Å²) in [7, 11) is 9.82. The Hall–Kier alpha value is -0.00688. The first-order valence-electron chi connectivity index (χ1n) is 7.12. The summed E-state index contributed by atoms with van der Waals surface area (Å²) in [6.45, 7) is 8.10. The minimum absolute atomic E-state index is 0.0490. The van der Waals surface area contributed by atoms with E-state index in [0.29, 0.717) is 10.6 Å². The fourth-order valence-corrected chi connectivity index (χ4v) is 3.24. The van der Waals surface area contributed by atoms with Gasteiger partial charge in [-0.05, 0) is 41.7 Å². The third-order valence-corrected chi connectivity index (χ3v) is 4.69. The summed E-state index contributed by atoms with van der Waals surface area (Å²) in [6.07, 6.45) is 0. The van der Waals surface area contributed by atoms with Crippen LogP contribution in [-0.2, 0) is 26.3 Å². The third kappa shape index (κ3) is 6.37. The molecule has 0 fully saturated rings. The van der Waals surface area contributed by atoms with Gasteiger partial charge in [-0.1, -0.05) is 35.4 Å². The van der Waals surface area contributed by atoms with Gasteiger partial charge in [0.15, 0.2) is 0 Å². The van der Waals surface area contributed by atoms with E-state index >= 15 is 0 Å². The van der Waals surface area contributed by atoms with Crippen molar-refractivity contribution in [3.63, 3.8) is 0 Å². The molecule has 1 unspecified atom stereocenters. The van der Waals surface area contributed by atoms with E-state index in [1.165, 1.54) is 12.1 Å². The molecule has 0 aromatic heterocycles. The molecule has 0 heterocycles. The number of phenols is 1. The second-order valence-electron chi connectivity index (χ2n) is 6.26. The SMILES string of the molecule is Cc1cc(C(C)(C)C)cc(Pc2ccc(F)cc2F)c1O.[Cl][Zr][Cl]. The molecule has 0 saturated carbocycles. The average Bonchev–Trinajstić information content (AvgIpc) is 2.46. The fourth-order valence-electron chi connectivity index (χ4n) is 2.04. The van der Waals surface area contributed by atoms with E-state index in [1.54, 1.807) is 0 Å². The summed E-state index contributed by atoms with van der Waals surface area (Å²) < 4.78 is 26.8. The van der Waals surface area contributed by atoms with E-state index in [2.05, 4.69) is 20.8 Å². The monoisotopic (exact) mass is 468 g/mol. The van der Waals surface area contributed by atoms with Crippen LogP contribution in [0.1, 0.15) is 31.9 Å². The molecule has 0 aliphatic heterocycles. The van der Waals surface area contributed by atoms with Crippen molar-refractivity contribution in [3.8, 4) is 5.75 Å². The summed E-state index contributed by atoms with van der Waals surface area (Å²) in [4.78, 5) is 0. The molecule has 2 rings (SSSR count). The van der Waals surface area contributed by atoms with E-state index in [-0.39, 0.29) is 19.7 Å². The predicted molar refractivity (Wildman–Crippen MR) is 97.2 cm³/mol. The number of halogens is 4. The quantitative estimate of drug-likeness (QED) is 0.592. The molecule has 130 valence electrons. The molecule has 1 N–H and O–H groups in total. The van der Waals surface area contributed by atoms with Crippen molar-refractivity contribution in [1.82, 2.24) is 0 Å². The van der Waals surface area contributed by atoms with Crippen LogP contribution in [-0.4, -0.2) is 5.11 Å². The molecule has 2 aromatic rings. The number of hydrogen-bond donors (Lipinski definition) is 1. The molecule has 1 atom stereocenters. The first-order valence-corrected chi connectivity index (χ1v) is 14.5. The van der Waals surface area contributed by atoms with Gasteiger partial charge in [0.1, 0.15) is 17.4 Å². The summed E-state index contributed by atoms with van der Waals surface area (Å²) in [6, 6.07) is 7.40. The zero-order valence-corrected chi connectivity index (χ0v) is 18.8. The Kier molecular flexibility index (Phi) is 8.84. The summed E-state index contributed by atoms with van der Waals surface area (Å²) in [5, 5.41) is 11.3. The van der Waals surface area contributed by atoms with Crippen LogP contribution in [0, 0.1) is 18.6 Å². The van der Waals surface area contributed by atoms with Crippen molar-refractivity contribution in [2.24, 2.45) is 0 Å². The zero-order chi connectivity index (χ0) is 18.5. The summed E-state index contributed by atoms with van der Waals surface area (Å²) >= 11 is -0.826. The van der Waals surface area contributed by atoms with Crippen molar-refractivity contribution in [2.75, 3.05) is 0 Å². The van der Waals surface area contributed by atoms with Gasteiger partial charge in [0, 0.05) is 16.7 Å².